The lowest BCUT2D eigenvalue weighted by atomic mass is 10.1. The highest BCUT2D eigenvalue weighted by molar-refractivity contribution is 5.32. The zero-order chi connectivity index (χ0) is 13.0. The second kappa shape index (κ2) is 5.52. The van der Waals surface area contributed by atoms with Gasteiger partial charge in [-0.25, -0.2) is 0 Å². The van der Waals surface area contributed by atoms with E-state index in [1.807, 2.05) is 36.4 Å². The Hall–Kier alpha value is -2.05. The second-order valence-electron chi connectivity index (χ2n) is 4.36. The molecular formula is C15H16N2O. The molecule has 3 nitrogen and oxygen atoms in total. The van der Waals surface area contributed by atoms with E-state index in [0.717, 1.165) is 11.3 Å². The first-order valence-corrected chi connectivity index (χ1v) is 6.00. The van der Waals surface area contributed by atoms with E-state index in [0.29, 0.717) is 5.56 Å². The van der Waals surface area contributed by atoms with Gasteiger partial charge in [0.1, 0.15) is 5.76 Å². The third-order valence-electron chi connectivity index (χ3n) is 3.01. The van der Waals surface area contributed by atoms with Crippen LogP contribution in [0, 0.1) is 11.3 Å². The number of hydrogen-bond acceptors (Lipinski definition) is 3. The number of nitrogens with zero attached hydrogens (tertiary/aromatic N) is 1. The first-order valence-electron chi connectivity index (χ1n) is 6.00. The van der Waals surface area contributed by atoms with Crippen LogP contribution in [0.3, 0.4) is 0 Å². The largest absolute Gasteiger partial charge is 0.468 e. The molecular weight excluding hydrogens is 224 g/mol. The van der Waals surface area contributed by atoms with Crippen molar-refractivity contribution in [3.63, 3.8) is 0 Å². The van der Waals surface area contributed by atoms with Crippen LogP contribution in [0.5, 0.6) is 0 Å². The first-order chi connectivity index (χ1) is 8.70. The summed E-state index contributed by atoms with van der Waals surface area (Å²) in [6, 6.07) is 14.0. The van der Waals surface area contributed by atoms with Gasteiger partial charge in [0.05, 0.1) is 23.9 Å². The quantitative estimate of drug-likeness (QED) is 0.888. The summed E-state index contributed by atoms with van der Waals surface area (Å²) in [6.45, 7) is 4.17. The van der Waals surface area contributed by atoms with E-state index in [1.54, 1.807) is 6.26 Å². The molecule has 0 amide bonds. The Bertz CT molecular complexity index is 523. The van der Waals surface area contributed by atoms with E-state index in [1.165, 1.54) is 0 Å². The normalized spacial score (nSPS) is 13.8. The van der Waals surface area contributed by atoms with Gasteiger partial charge in [-0.2, -0.15) is 5.26 Å². The number of hydrogen-bond donors (Lipinski definition) is 1. The number of nitrogens with one attached hydrogen (secondary N) is 1. The van der Waals surface area contributed by atoms with Gasteiger partial charge < -0.3 is 9.73 Å². The van der Waals surface area contributed by atoms with Crippen molar-refractivity contribution in [2.24, 2.45) is 0 Å². The highest BCUT2D eigenvalue weighted by Gasteiger charge is 2.12. The molecule has 0 saturated heterocycles. The van der Waals surface area contributed by atoms with Gasteiger partial charge in [-0.15, -0.1) is 0 Å². The highest BCUT2D eigenvalue weighted by atomic mass is 16.3. The topological polar surface area (TPSA) is 49.0 Å². The van der Waals surface area contributed by atoms with E-state index in [4.69, 9.17) is 9.68 Å². The molecule has 2 atom stereocenters. The zero-order valence-electron chi connectivity index (χ0n) is 10.6. The molecule has 0 saturated carbocycles. The van der Waals surface area contributed by atoms with E-state index in [2.05, 4.69) is 25.2 Å². The van der Waals surface area contributed by atoms with Gasteiger partial charge in [0.2, 0.25) is 0 Å². The average Bonchev–Trinajstić information content (AvgIpc) is 2.92. The molecule has 18 heavy (non-hydrogen) atoms. The zero-order valence-corrected chi connectivity index (χ0v) is 10.6. The Morgan fingerprint density at radius 1 is 1.11 bits per heavy atom. The monoisotopic (exact) mass is 240 g/mol. The molecule has 1 aromatic heterocycles. The molecule has 0 fully saturated rings. The Morgan fingerprint density at radius 2 is 1.83 bits per heavy atom. The number of rotatable bonds is 4. The van der Waals surface area contributed by atoms with Crippen LogP contribution < -0.4 is 5.32 Å². The Labute approximate surface area is 107 Å². The molecule has 1 unspecified atom stereocenters. The van der Waals surface area contributed by atoms with Gasteiger partial charge in [0.25, 0.3) is 0 Å². The molecule has 2 aromatic rings. The molecule has 1 heterocycles. The molecule has 1 N–H and O–H groups in total. The van der Waals surface area contributed by atoms with Crippen molar-refractivity contribution in [2.45, 2.75) is 25.9 Å². The van der Waals surface area contributed by atoms with Gasteiger partial charge in [-0.1, -0.05) is 12.1 Å². The highest BCUT2D eigenvalue weighted by Crippen LogP contribution is 2.19. The summed E-state index contributed by atoms with van der Waals surface area (Å²) in [5, 5.41) is 12.2. The van der Waals surface area contributed by atoms with Gasteiger partial charge in [0, 0.05) is 6.04 Å². The van der Waals surface area contributed by atoms with Crippen LogP contribution in [0.1, 0.15) is 42.8 Å². The smallest absolute Gasteiger partial charge is 0.120 e. The molecule has 0 bridgehead atoms. The fraction of sp³-hybridized carbons (Fsp3) is 0.267. The molecule has 2 rings (SSSR count). The minimum Gasteiger partial charge on any atom is -0.468 e. The predicted molar refractivity (Wildman–Crippen MR) is 69.8 cm³/mol. The summed E-state index contributed by atoms with van der Waals surface area (Å²) in [5.74, 6) is 0.926. The van der Waals surface area contributed by atoms with Crippen LogP contribution >= 0.6 is 0 Å². The van der Waals surface area contributed by atoms with E-state index < -0.39 is 0 Å². The SMILES string of the molecule is CC(N[C@H](C)c1ccco1)c1ccc(C#N)cc1. The van der Waals surface area contributed by atoms with Crippen molar-refractivity contribution >= 4 is 0 Å². The molecule has 0 aliphatic rings. The van der Waals surface area contributed by atoms with Crippen LogP contribution in [-0.4, -0.2) is 0 Å². The minimum atomic E-state index is 0.158. The third-order valence-corrected chi connectivity index (χ3v) is 3.01. The lowest BCUT2D eigenvalue weighted by molar-refractivity contribution is 0.403. The van der Waals surface area contributed by atoms with Crippen LogP contribution in [0.2, 0.25) is 0 Å². The standard InChI is InChI=1S/C15H16N2O/c1-11(14-7-5-13(10-16)6-8-14)17-12(2)15-4-3-9-18-15/h3-9,11-12,17H,1-2H3/t11?,12-/m1/s1. The van der Waals surface area contributed by atoms with Crippen molar-refractivity contribution in [3.05, 3.63) is 59.5 Å². The summed E-state index contributed by atoms with van der Waals surface area (Å²) in [7, 11) is 0. The number of nitriles is 1. The maximum Gasteiger partial charge on any atom is 0.120 e. The maximum absolute atomic E-state index is 8.76. The van der Waals surface area contributed by atoms with Crippen LogP contribution in [0.25, 0.3) is 0 Å². The number of furan rings is 1. The predicted octanol–water partition coefficient (Wildman–Crippen LogP) is 3.56. The van der Waals surface area contributed by atoms with E-state index in [-0.39, 0.29) is 12.1 Å². The fourth-order valence-corrected chi connectivity index (χ4v) is 1.94. The van der Waals surface area contributed by atoms with Crippen molar-refractivity contribution in [1.82, 2.24) is 5.32 Å². The maximum atomic E-state index is 8.76. The summed E-state index contributed by atoms with van der Waals surface area (Å²) >= 11 is 0. The van der Waals surface area contributed by atoms with Gasteiger partial charge in [-0.05, 0) is 43.7 Å². The molecule has 0 aliphatic heterocycles. The fourth-order valence-electron chi connectivity index (χ4n) is 1.94. The molecule has 1 aromatic carbocycles. The van der Waals surface area contributed by atoms with Gasteiger partial charge in [0.15, 0.2) is 0 Å². The summed E-state index contributed by atoms with van der Waals surface area (Å²) in [5.41, 5.74) is 1.84. The molecule has 0 aliphatic carbocycles. The summed E-state index contributed by atoms with van der Waals surface area (Å²) in [4.78, 5) is 0. The van der Waals surface area contributed by atoms with Crippen molar-refractivity contribution in [3.8, 4) is 6.07 Å². The number of benzene rings is 1. The van der Waals surface area contributed by atoms with Crippen LogP contribution in [0.15, 0.2) is 47.1 Å². The van der Waals surface area contributed by atoms with Gasteiger partial charge in [-0.3, -0.25) is 0 Å². The lowest BCUT2D eigenvalue weighted by Gasteiger charge is -2.18. The van der Waals surface area contributed by atoms with Crippen molar-refractivity contribution < 1.29 is 4.42 Å². The van der Waals surface area contributed by atoms with Crippen molar-refractivity contribution in [2.75, 3.05) is 0 Å². The van der Waals surface area contributed by atoms with Crippen LogP contribution in [0.4, 0.5) is 0 Å². The lowest BCUT2D eigenvalue weighted by Crippen LogP contribution is -2.22. The van der Waals surface area contributed by atoms with Gasteiger partial charge >= 0.3 is 0 Å². The molecule has 92 valence electrons. The Morgan fingerprint density at radius 3 is 2.39 bits per heavy atom. The van der Waals surface area contributed by atoms with Crippen molar-refractivity contribution in [1.29, 1.82) is 5.26 Å². The summed E-state index contributed by atoms with van der Waals surface area (Å²) in [6.07, 6.45) is 1.68. The Balaban J connectivity index is 2.03. The van der Waals surface area contributed by atoms with E-state index >= 15 is 0 Å². The minimum absolute atomic E-state index is 0.158. The first kappa shape index (κ1) is 12.4. The Kier molecular flexibility index (Phi) is 3.81. The molecule has 0 radical (unpaired) electrons. The second-order valence-corrected chi connectivity index (χ2v) is 4.36. The molecule has 0 spiro atoms. The summed E-state index contributed by atoms with van der Waals surface area (Å²) < 4.78 is 5.36. The van der Waals surface area contributed by atoms with Crippen LogP contribution in [-0.2, 0) is 0 Å². The average molecular weight is 240 g/mol. The van der Waals surface area contributed by atoms with E-state index in [9.17, 15) is 0 Å². The third kappa shape index (κ3) is 2.79. The molecule has 3 heteroatoms.